The molecule has 0 amide bonds. The molecule has 1 aliphatic heterocycles. The summed E-state index contributed by atoms with van der Waals surface area (Å²) in [6.07, 6.45) is 6.11. The largest absolute Gasteiger partial charge is 0.381 e. The molecule has 3 heteroatoms. The number of nitrogens with zero attached hydrogens (tertiary/aromatic N) is 1. The monoisotopic (exact) mass is 329 g/mol. The molecule has 0 N–H and O–H groups in total. The first-order valence-electron chi connectivity index (χ1n) is 8.74. The maximum Gasteiger partial charge on any atom is 0.0932 e. The van der Waals surface area contributed by atoms with Gasteiger partial charge in [0.2, 0.25) is 0 Å². The van der Waals surface area contributed by atoms with Gasteiger partial charge >= 0.3 is 0 Å². The topological polar surface area (TPSA) is 22.1 Å². The number of hydrogen-bond donors (Lipinski definition) is 0. The van der Waals surface area contributed by atoms with Gasteiger partial charge in [-0.25, -0.2) is 4.98 Å². The summed E-state index contributed by atoms with van der Waals surface area (Å²) in [6, 6.07) is 4.43. The highest BCUT2D eigenvalue weighted by atomic mass is 32.1. The number of benzene rings is 1. The van der Waals surface area contributed by atoms with Crippen LogP contribution in [0.25, 0.3) is 11.3 Å². The van der Waals surface area contributed by atoms with Crippen molar-refractivity contribution in [3.63, 3.8) is 0 Å². The van der Waals surface area contributed by atoms with Crippen molar-refractivity contribution in [2.75, 3.05) is 13.2 Å². The van der Waals surface area contributed by atoms with Crippen molar-refractivity contribution in [2.24, 2.45) is 5.92 Å². The zero-order valence-corrected chi connectivity index (χ0v) is 15.3. The molecule has 1 unspecified atom stereocenters. The van der Waals surface area contributed by atoms with E-state index in [0.717, 1.165) is 31.2 Å². The molecule has 0 bridgehead atoms. The number of rotatable bonds is 4. The highest BCUT2D eigenvalue weighted by Crippen LogP contribution is 2.29. The number of thiazole rings is 1. The average Bonchev–Trinajstić information content (AvgIpc) is 2.86. The van der Waals surface area contributed by atoms with Crippen LogP contribution in [0.5, 0.6) is 0 Å². The van der Waals surface area contributed by atoms with Crippen molar-refractivity contribution >= 4 is 11.3 Å². The van der Waals surface area contributed by atoms with Crippen LogP contribution in [0, 0.1) is 26.7 Å². The Hall–Kier alpha value is -1.19. The van der Waals surface area contributed by atoms with Crippen LogP contribution >= 0.6 is 11.3 Å². The molecule has 124 valence electrons. The molecule has 0 radical (unpaired) electrons. The molecule has 1 aliphatic rings. The molecule has 2 heterocycles. The Morgan fingerprint density at radius 2 is 2.00 bits per heavy atom. The van der Waals surface area contributed by atoms with Gasteiger partial charge in [0.05, 0.1) is 10.7 Å². The van der Waals surface area contributed by atoms with Crippen LogP contribution in [-0.4, -0.2) is 18.2 Å². The van der Waals surface area contributed by atoms with Gasteiger partial charge in [-0.3, -0.25) is 0 Å². The van der Waals surface area contributed by atoms with Gasteiger partial charge in [0, 0.05) is 24.2 Å². The SMILES string of the molecule is Cc1ccc(-c2csc(CCC3CCCOCC3)n2)c(C)c1C. The van der Waals surface area contributed by atoms with Gasteiger partial charge in [-0.2, -0.15) is 0 Å². The summed E-state index contributed by atoms with van der Waals surface area (Å²) < 4.78 is 5.56. The third kappa shape index (κ3) is 4.02. The van der Waals surface area contributed by atoms with Crippen LogP contribution in [0.2, 0.25) is 0 Å². The van der Waals surface area contributed by atoms with E-state index in [9.17, 15) is 0 Å². The Bertz CT molecular complexity index is 654. The molecule has 1 aromatic carbocycles. The number of hydrogen-bond acceptors (Lipinski definition) is 3. The summed E-state index contributed by atoms with van der Waals surface area (Å²) in [7, 11) is 0. The van der Waals surface area contributed by atoms with Crippen molar-refractivity contribution in [2.45, 2.75) is 52.9 Å². The van der Waals surface area contributed by atoms with E-state index in [1.165, 1.54) is 52.9 Å². The summed E-state index contributed by atoms with van der Waals surface area (Å²) in [4.78, 5) is 4.91. The molecule has 0 saturated carbocycles. The zero-order chi connectivity index (χ0) is 16.2. The molecule has 2 nitrogen and oxygen atoms in total. The van der Waals surface area contributed by atoms with Crippen LogP contribution < -0.4 is 0 Å². The third-order valence-corrected chi connectivity index (χ3v) is 6.13. The summed E-state index contributed by atoms with van der Waals surface area (Å²) in [6.45, 7) is 8.48. The minimum Gasteiger partial charge on any atom is -0.381 e. The zero-order valence-electron chi connectivity index (χ0n) is 14.5. The molecule has 0 aliphatic carbocycles. The molecule has 0 spiro atoms. The summed E-state index contributed by atoms with van der Waals surface area (Å²) in [5.41, 5.74) is 6.55. The van der Waals surface area contributed by atoms with E-state index >= 15 is 0 Å². The molecule has 23 heavy (non-hydrogen) atoms. The molecular weight excluding hydrogens is 302 g/mol. The second-order valence-corrected chi connectivity index (χ2v) is 7.70. The van der Waals surface area contributed by atoms with Crippen molar-refractivity contribution in [3.05, 3.63) is 39.2 Å². The van der Waals surface area contributed by atoms with E-state index in [2.05, 4.69) is 38.3 Å². The Morgan fingerprint density at radius 3 is 2.87 bits per heavy atom. The lowest BCUT2D eigenvalue weighted by Gasteiger charge is -2.11. The maximum absolute atomic E-state index is 5.56. The second kappa shape index (κ2) is 7.59. The van der Waals surface area contributed by atoms with E-state index in [1.54, 1.807) is 0 Å². The molecule has 1 fully saturated rings. The lowest BCUT2D eigenvalue weighted by Crippen LogP contribution is -2.02. The molecule has 2 aromatic rings. The van der Waals surface area contributed by atoms with E-state index in [1.807, 2.05) is 11.3 Å². The average molecular weight is 330 g/mol. The van der Waals surface area contributed by atoms with Gasteiger partial charge in [-0.15, -0.1) is 11.3 Å². The van der Waals surface area contributed by atoms with Crippen LogP contribution in [0.4, 0.5) is 0 Å². The number of ether oxygens (including phenoxy) is 1. The van der Waals surface area contributed by atoms with Crippen molar-refractivity contribution in [1.82, 2.24) is 4.98 Å². The Kier molecular flexibility index (Phi) is 5.50. The fraction of sp³-hybridized carbons (Fsp3) is 0.550. The Labute approximate surface area is 143 Å². The normalized spacial score (nSPS) is 18.8. The minimum absolute atomic E-state index is 0.813. The van der Waals surface area contributed by atoms with Crippen LogP contribution in [-0.2, 0) is 11.2 Å². The lowest BCUT2D eigenvalue weighted by atomic mass is 9.95. The van der Waals surface area contributed by atoms with Gasteiger partial charge < -0.3 is 4.74 Å². The third-order valence-electron chi connectivity index (χ3n) is 5.22. The van der Waals surface area contributed by atoms with Gasteiger partial charge in [0.1, 0.15) is 0 Å². The van der Waals surface area contributed by atoms with Crippen molar-refractivity contribution in [3.8, 4) is 11.3 Å². The fourth-order valence-corrected chi connectivity index (χ4v) is 4.18. The Morgan fingerprint density at radius 1 is 1.13 bits per heavy atom. The first-order chi connectivity index (χ1) is 11.1. The van der Waals surface area contributed by atoms with E-state index in [-0.39, 0.29) is 0 Å². The smallest absolute Gasteiger partial charge is 0.0932 e. The highest BCUT2D eigenvalue weighted by Gasteiger charge is 2.14. The van der Waals surface area contributed by atoms with Gasteiger partial charge in [-0.1, -0.05) is 12.1 Å². The maximum atomic E-state index is 5.56. The van der Waals surface area contributed by atoms with Gasteiger partial charge in [-0.05, 0) is 75.5 Å². The number of aryl methyl sites for hydroxylation is 2. The van der Waals surface area contributed by atoms with E-state index in [0.29, 0.717) is 0 Å². The first kappa shape index (κ1) is 16.7. The fourth-order valence-electron chi connectivity index (χ4n) is 3.37. The predicted molar refractivity (Wildman–Crippen MR) is 98.2 cm³/mol. The summed E-state index contributed by atoms with van der Waals surface area (Å²) >= 11 is 1.81. The van der Waals surface area contributed by atoms with Crippen molar-refractivity contribution < 1.29 is 4.74 Å². The first-order valence-corrected chi connectivity index (χ1v) is 9.62. The van der Waals surface area contributed by atoms with Gasteiger partial charge in [0.15, 0.2) is 0 Å². The quantitative estimate of drug-likeness (QED) is 0.740. The standard InChI is InChI=1S/C20H27NOS/c1-14-6-8-18(16(3)15(14)2)19-13-23-20(21-19)9-7-17-5-4-11-22-12-10-17/h6,8,13,17H,4-5,7,9-12H2,1-3H3. The van der Waals surface area contributed by atoms with Crippen LogP contribution in [0.15, 0.2) is 17.5 Å². The minimum atomic E-state index is 0.813. The highest BCUT2D eigenvalue weighted by molar-refractivity contribution is 7.09. The second-order valence-electron chi connectivity index (χ2n) is 6.75. The summed E-state index contributed by atoms with van der Waals surface area (Å²) in [5.74, 6) is 0.813. The molecule has 1 atom stereocenters. The lowest BCUT2D eigenvalue weighted by molar-refractivity contribution is 0.141. The predicted octanol–water partition coefficient (Wildman–Crippen LogP) is 5.48. The van der Waals surface area contributed by atoms with Crippen LogP contribution in [0.3, 0.4) is 0 Å². The summed E-state index contributed by atoms with van der Waals surface area (Å²) in [5, 5.41) is 3.51. The Balaban J connectivity index is 1.67. The molecule has 1 saturated heterocycles. The molecular formula is C20H27NOS. The van der Waals surface area contributed by atoms with Crippen LogP contribution in [0.1, 0.15) is 47.4 Å². The molecule has 3 rings (SSSR count). The van der Waals surface area contributed by atoms with Crippen molar-refractivity contribution in [1.29, 1.82) is 0 Å². The van der Waals surface area contributed by atoms with Gasteiger partial charge in [0.25, 0.3) is 0 Å². The van der Waals surface area contributed by atoms with E-state index < -0.39 is 0 Å². The van der Waals surface area contributed by atoms with E-state index in [4.69, 9.17) is 9.72 Å². The number of aromatic nitrogens is 1. The molecule has 1 aromatic heterocycles.